The van der Waals surface area contributed by atoms with Crippen LogP contribution in [0.2, 0.25) is 36.3 Å². The third kappa shape index (κ3) is 7.38. The molecule has 1 heterocycles. The van der Waals surface area contributed by atoms with Crippen molar-refractivity contribution in [3.8, 4) is 0 Å². The van der Waals surface area contributed by atoms with E-state index in [9.17, 15) is 5.11 Å². The molecule has 0 bridgehead atoms. The first-order chi connectivity index (χ1) is 12.8. The van der Waals surface area contributed by atoms with E-state index >= 15 is 0 Å². The molecule has 1 aliphatic rings. The van der Waals surface area contributed by atoms with E-state index in [1.807, 2.05) is 13.8 Å². The fourth-order valence-corrected chi connectivity index (χ4v) is 4.77. The zero-order chi connectivity index (χ0) is 22.9. The maximum absolute atomic E-state index is 10.1. The summed E-state index contributed by atoms with van der Waals surface area (Å²) in [4.78, 5) is 0. The summed E-state index contributed by atoms with van der Waals surface area (Å²) in [5.41, 5.74) is 0. The Hall–Kier alpha value is 0.194. The van der Waals surface area contributed by atoms with Crippen molar-refractivity contribution in [2.75, 3.05) is 20.0 Å². The van der Waals surface area contributed by atoms with E-state index in [1.165, 1.54) is 0 Å². The Balaban J connectivity index is 2.78. The third-order valence-electron chi connectivity index (χ3n) is 6.61. The highest BCUT2D eigenvalue weighted by atomic mass is 28.4. The van der Waals surface area contributed by atoms with Crippen molar-refractivity contribution >= 4 is 16.6 Å². The summed E-state index contributed by atoms with van der Waals surface area (Å²) in [5.74, 6) is -0.747. The summed E-state index contributed by atoms with van der Waals surface area (Å²) in [6, 6.07) is 0. The van der Waals surface area contributed by atoms with Crippen molar-refractivity contribution < 1.29 is 28.2 Å². The minimum Gasteiger partial charge on any atom is -0.409 e. The predicted octanol–water partition coefficient (Wildman–Crippen LogP) is 4.89. The van der Waals surface area contributed by atoms with Crippen molar-refractivity contribution in [3.05, 3.63) is 0 Å². The van der Waals surface area contributed by atoms with Crippen LogP contribution in [0.5, 0.6) is 0 Å². The molecule has 1 N–H and O–H groups in total. The summed E-state index contributed by atoms with van der Waals surface area (Å²) >= 11 is 0. The van der Waals surface area contributed by atoms with Crippen LogP contribution in [0.1, 0.15) is 55.4 Å². The quantitative estimate of drug-likeness (QED) is 0.307. The molecule has 1 fully saturated rings. The predicted molar refractivity (Wildman–Crippen MR) is 122 cm³/mol. The maximum atomic E-state index is 10.1. The average molecular weight is 451 g/mol. The summed E-state index contributed by atoms with van der Waals surface area (Å²) in [6.45, 7) is 26.1. The molecule has 3 atom stereocenters. The zero-order valence-electron chi connectivity index (χ0n) is 20.8. The smallest absolute Gasteiger partial charge is 0.195 e. The summed E-state index contributed by atoms with van der Waals surface area (Å²) in [6.07, 6.45) is -1.17. The van der Waals surface area contributed by atoms with Crippen molar-refractivity contribution in [1.82, 2.24) is 0 Å². The Bertz CT molecular complexity index is 522. The number of hydrogen-bond acceptors (Lipinski definition) is 6. The van der Waals surface area contributed by atoms with Gasteiger partial charge in [0.05, 0.1) is 19.3 Å². The van der Waals surface area contributed by atoms with Gasteiger partial charge in [0, 0.05) is 0 Å². The van der Waals surface area contributed by atoms with Gasteiger partial charge in [-0.15, -0.1) is 0 Å². The Morgan fingerprint density at radius 2 is 1.45 bits per heavy atom. The third-order valence-corrected chi connectivity index (χ3v) is 15.6. The van der Waals surface area contributed by atoms with Crippen LogP contribution >= 0.6 is 0 Å². The van der Waals surface area contributed by atoms with E-state index in [1.54, 1.807) is 0 Å². The van der Waals surface area contributed by atoms with E-state index in [0.717, 1.165) is 0 Å². The molecule has 29 heavy (non-hydrogen) atoms. The fraction of sp³-hybridized carbons (Fsp3) is 1.00. The topological polar surface area (TPSA) is 66.4 Å². The highest BCUT2D eigenvalue weighted by molar-refractivity contribution is 6.74. The van der Waals surface area contributed by atoms with E-state index in [4.69, 9.17) is 23.1 Å². The molecule has 0 saturated carbocycles. The molecule has 0 unspecified atom stereocenters. The molecule has 8 heteroatoms. The number of aliphatic hydroxyl groups is 1. The van der Waals surface area contributed by atoms with Gasteiger partial charge in [-0.2, -0.15) is 0 Å². The Kier molecular flexibility index (Phi) is 8.79. The number of ether oxygens (including phenoxy) is 3. The van der Waals surface area contributed by atoms with Gasteiger partial charge in [0.1, 0.15) is 19.0 Å². The fourth-order valence-electron chi connectivity index (χ4n) is 2.64. The lowest BCUT2D eigenvalue weighted by Crippen LogP contribution is -2.51. The summed E-state index contributed by atoms with van der Waals surface area (Å²) in [7, 11) is -3.94. The second-order valence-electron chi connectivity index (χ2n) is 11.6. The molecule has 0 aromatic carbocycles. The van der Waals surface area contributed by atoms with Crippen LogP contribution < -0.4 is 0 Å². The largest absolute Gasteiger partial charge is 0.409 e. The van der Waals surface area contributed by atoms with E-state index in [-0.39, 0.29) is 29.6 Å². The number of rotatable bonds is 9. The van der Waals surface area contributed by atoms with Gasteiger partial charge in [-0.25, -0.2) is 0 Å². The molecule has 6 nitrogen and oxygen atoms in total. The molecule has 174 valence electrons. The molecule has 0 amide bonds. The van der Waals surface area contributed by atoms with Gasteiger partial charge in [0.25, 0.3) is 0 Å². The van der Waals surface area contributed by atoms with Gasteiger partial charge in [-0.05, 0) is 50.1 Å². The molecule has 0 aromatic heterocycles. The lowest BCUT2D eigenvalue weighted by atomic mass is 10.1. The molecule has 1 saturated heterocycles. The molecular formula is C21H46O6Si2. The molecule has 0 aliphatic carbocycles. The minimum absolute atomic E-state index is 0.0401. The molecule has 0 aromatic rings. The van der Waals surface area contributed by atoms with Gasteiger partial charge in [-0.3, -0.25) is 0 Å². The first-order valence-electron chi connectivity index (χ1n) is 10.7. The van der Waals surface area contributed by atoms with Crippen LogP contribution in [0.3, 0.4) is 0 Å². The molecule has 0 radical (unpaired) electrons. The van der Waals surface area contributed by atoms with Gasteiger partial charge in [-0.1, -0.05) is 41.5 Å². The van der Waals surface area contributed by atoms with Crippen LogP contribution in [0.4, 0.5) is 0 Å². The molecular weight excluding hydrogens is 404 g/mol. The SMILES string of the molecule is CC1(C)O[C@H]([C@H](CO)O[Si](C)(C)C(C)(C)C)[C@H](COCO[Si](C)(C)C(C)(C)C)O1. The standard InChI is InChI=1S/C21H46O6Si2/c1-19(2,3)28(9,10)24-15-23-14-17-18(26-21(7,8)25-17)16(13-22)27-29(11,12)20(4,5)6/h16-18,22H,13-15H2,1-12H3/t16-,17-,18+/m0/s1. The average Bonchev–Trinajstić information content (AvgIpc) is 2.81. The van der Waals surface area contributed by atoms with Crippen LogP contribution in [0.25, 0.3) is 0 Å². The van der Waals surface area contributed by atoms with E-state index in [0.29, 0.717) is 6.61 Å². The summed E-state index contributed by atoms with van der Waals surface area (Å²) in [5, 5.41) is 10.2. The van der Waals surface area contributed by atoms with Crippen LogP contribution in [0, 0.1) is 0 Å². The van der Waals surface area contributed by atoms with Crippen molar-refractivity contribution in [2.24, 2.45) is 0 Å². The zero-order valence-corrected chi connectivity index (χ0v) is 22.8. The van der Waals surface area contributed by atoms with Gasteiger partial charge in [0.15, 0.2) is 22.4 Å². The summed E-state index contributed by atoms with van der Waals surface area (Å²) < 4.78 is 30.6. The van der Waals surface area contributed by atoms with Crippen molar-refractivity contribution in [3.63, 3.8) is 0 Å². The van der Waals surface area contributed by atoms with Gasteiger partial charge < -0.3 is 28.2 Å². The van der Waals surface area contributed by atoms with Crippen LogP contribution in [0.15, 0.2) is 0 Å². The first kappa shape index (κ1) is 27.2. The lowest BCUT2D eigenvalue weighted by Gasteiger charge is -2.40. The Morgan fingerprint density at radius 3 is 1.90 bits per heavy atom. The monoisotopic (exact) mass is 450 g/mol. The Labute approximate surface area is 180 Å². The second kappa shape index (κ2) is 9.36. The molecule has 1 aliphatic heterocycles. The number of hydrogen-bond donors (Lipinski definition) is 1. The Morgan fingerprint density at radius 1 is 0.931 bits per heavy atom. The molecule has 0 spiro atoms. The van der Waals surface area contributed by atoms with E-state index < -0.39 is 34.6 Å². The normalized spacial score (nSPS) is 24.7. The maximum Gasteiger partial charge on any atom is 0.195 e. The first-order valence-corrected chi connectivity index (χ1v) is 16.5. The van der Waals surface area contributed by atoms with Crippen molar-refractivity contribution in [1.29, 1.82) is 0 Å². The number of aliphatic hydroxyl groups excluding tert-OH is 1. The van der Waals surface area contributed by atoms with Gasteiger partial charge >= 0.3 is 0 Å². The van der Waals surface area contributed by atoms with Crippen LogP contribution in [-0.2, 0) is 23.1 Å². The highest BCUT2D eigenvalue weighted by Crippen LogP contribution is 2.40. The second-order valence-corrected chi connectivity index (χ2v) is 21.2. The molecule has 1 rings (SSSR count). The highest BCUT2D eigenvalue weighted by Gasteiger charge is 2.49. The lowest BCUT2D eigenvalue weighted by molar-refractivity contribution is -0.160. The minimum atomic E-state index is -2.07. The van der Waals surface area contributed by atoms with E-state index in [2.05, 4.69) is 67.7 Å². The van der Waals surface area contributed by atoms with Crippen molar-refractivity contribution in [2.45, 2.75) is 116 Å². The van der Waals surface area contributed by atoms with Gasteiger partial charge in [0.2, 0.25) is 0 Å². The van der Waals surface area contributed by atoms with Crippen LogP contribution in [-0.4, -0.2) is 65.8 Å².